The average Bonchev–Trinajstić information content (AvgIpc) is 2.60. The summed E-state index contributed by atoms with van der Waals surface area (Å²) in [7, 11) is 0. The number of benzene rings is 2. The molecule has 0 spiro atoms. The van der Waals surface area contributed by atoms with Gasteiger partial charge in [0.2, 0.25) is 0 Å². The Bertz CT molecular complexity index is 707. The van der Waals surface area contributed by atoms with Crippen molar-refractivity contribution >= 4 is 33.9 Å². The molecule has 0 aliphatic carbocycles. The summed E-state index contributed by atoms with van der Waals surface area (Å²) in [6.07, 6.45) is 0.847. The molecule has 23 heavy (non-hydrogen) atoms. The molecule has 1 N–H and O–H groups in total. The van der Waals surface area contributed by atoms with Crippen LogP contribution < -0.4 is 5.32 Å². The number of halogens is 2. The Morgan fingerprint density at radius 1 is 1.04 bits per heavy atom. The average molecular weight is 421 g/mol. The summed E-state index contributed by atoms with van der Waals surface area (Å²) in [6, 6.07) is 17.0. The second-order valence-corrected chi connectivity index (χ2v) is 6.52. The van der Waals surface area contributed by atoms with Crippen LogP contribution in [0.15, 0.2) is 66.9 Å². The predicted molar refractivity (Wildman–Crippen MR) is 106 cm³/mol. The molecule has 1 heterocycles. The van der Waals surface area contributed by atoms with Crippen LogP contribution in [0.1, 0.15) is 31.4 Å². The first-order chi connectivity index (χ1) is 11.2. The summed E-state index contributed by atoms with van der Waals surface area (Å²) in [5.41, 5.74) is 4.61. The van der Waals surface area contributed by atoms with Gasteiger partial charge in [-0.15, -0.1) is 0 Å². The van der Waals surface area contributed by atoms with Crippen molar-refractivity contribution < 1.29 is 4.39 Å². The summed E-state index contributed by atoms with van der Waals surface area (Å²) >= 11 is 2.37. The molecule has 0 aromatic heterocycles. The van der Waals surface area contributed by atoms with Crippen molar-refractivity contribution in [1.82, 2.24) is 5.32 Å². The molecular formula is C20H21FIN. The lowest BCUT2D eigenvalue weighted by Crippen LogP contribution is -2.25. The van der Waals surface area contributed by atoms with E-state index in [9.17, 15) is 4.39 Å². The van der Waals surface area contributed by atoms with Crippen LogP contribution in [0.3, 0.4) is 0 Å². The standard InChI is InChI=1S/C18H15FIN.C2H6/c1-12-17(20)11-15(13-7-3-2-4-8-13)18(21-12)14-9-5-6-10-16(14)19;1-2/h2-10,17,21H,1,11H2;1-2H3. The molecule has 0 fully saturated rings. The highest BCUT2D eigenvalue weighted by atomic mass is 127. The molecule has 1 unspecified atom stereocenters. The minimum absolute atomic E-state index is 0.215. The molecule has 0 amide bonds. The Hall–Kier alpha value is -1.62. The molecule has 0 saturated carbocycles. The lowest BCUT2D eigenvalue weighted by Gasteiger charge is -2.28. The largest absolute Gasteiger partial charge is 0.358 e. The van der Waals surface area contributed by atoms with Gasteiger partial charge in [0.15, 0.2) is 0 Å². The number of nitrogens with one attached hydrogen (secondary N) is 1. The molecular weight excluding hydrogens is 400 g/mol. The van der Waals surface area contributed by atoms with Gasteiger partial charge < -0.3 is 5.32 Å². The van der Waals surface area contributed by atoms with Crippen LogP contribution in [0.4, 0.5) is 4.39 Å². The Labute approximate surface area is 151 Å². The first kappa shape index (κ1) is 17.7. The molecule has 3 rings (SSSR count). The molecule has 3 heteroatoms. The fourth-order valence-electron chi connectivity index (χ4n) is 2.51. The molecule has 1 atom stereocenters. The van der Waals surface area contributed by atoms with Crippen molar-refractivity contribution in [3.05, 3.63) is 83.8 Å². The van der Waals surface area contributed by atoms with E-state index in [1.54, 1.807) is 12.1 Å². The van der Waals surface area contributed by atoms with Crippen molar-refractivity contribution in [2.45, 2.75) is 24.2 Å². The molecule has 0 radical (unpaired) electrons. The van der Waals surface area contributed by atoms with Gasteiger partial charge in [0.05, 0.1) is 9.62 Å². The van der Waals surface area contributed by atoms with Crippen LogP contribution in [0.5, 0.6) is 0 Å². The zero-order chi connectivity index (χ0) is 16.8. The summed E-state index contributed by atoms with van der Waals surface area (Å²) < 4.78 is 14.5. The minimum atomic E-state index is -0.215. The Balaban J connectivity index is 0.000000924. The maximum absolute atomic E-state index is 14.2. The Morgan fingerprint density at radius 3 is 2.30 bits per heavy atom. The lowest BCUT2D eigenvalue weighted by atomic mass is 9.92. The maximum atomic E-state index is 14.2. The third kappa shape index (κ3) is 4.02. The van der Waals surface area contributed by atoms with Crippen LogP contribution in [0, 0.1) is 5.82 Å². The van der Waals surface area contributed by atoms with E-state index in [2.05, 4.69) is 46.6 Å². The topological polar surface area (TPSA) is 12.0 Å². The van der Waals surface area contributed by atoms with E-state index in [0.29, 0.717) is 9.49 Å². The van der Waals surface area contributed by atoms with Crippen molar-refractivity contribution in [3.8, 4) is 0 Å². The smallest absolute Gasteiger partial charge is 0.132 e. The molecule has 2 aromatic rings. The highest BCUT2D eigenvalue weighted by Crippen LogP contribution is 2.37. The molecule has 2 aromatic carbocycles. The summed E-state index contributed by atoms with van der Waals surface area (Å²) in [5.74, 6) is -0.215. The third-order valence-electron chi connectivity index (χ3n) is 3.61. The molecule has 0 saturated heterocycles. The van der Waals surface area contributed by atoms with Crippen molar-refractivity contribution in [1.29, 1.82) is 0 Å². The zero-order valence-electron chi connectivity index (χ0n) is 13.4. The number of hydrogen-bond acceptors (Lipinski definition) is 1. The monoisotopic (exact) mass is 421 g/mol. The lowest BCUT2D eigenvalue weighted by molar-refractivity contribution is 0.622. The van der Waals surface area contributed by atoms with Gasteiger partial charge in [0.25, 0.3) is 0 Å². The fourth-order valence-corrected chi connectivity index (χ4v) is 3.11. The van der Waals surface area contributed by atoms with Crippen LogP contribution in [-0.4, -0.2) is 3.92 Å². The van der Waals surface area contributed by atoms with E-state index >= 15 is 0 Å². The van der Waals surface area contributed by atoms with E-state index in [-0.39, 0.29) is 5.82 Å². The first-order valence-electron chi connectivity index (χ1n) is 7.80. The third-order valence-corrected chi connectivity index (χ3v) is 4.81. The van der Waals surface area contributed by atoms with Gasteiger partial charge in [-0.1, -0.05) is 85.5 Å². The summed E-state index contributed by atoms with van der Waals surface area (Å²) in [6.45, 7) is 8.05. The quantitative estimate of drug-likeness (QED) is 0.461. The van der Waals surface area contributed by atoms with E-state index in [1.807, 2.05) is 38.1 Å². The van der Waals surface area contributed by atoms with E-state index in [4.69, 9.17) is 0 Å². The van der Waals surface area contributed by atoms with E-state index in [1.165, 1.54) is 6.07 Å². The SMILES string of the molecule is C=C1NC(c2ccccc2F)=C(c2ccccc2)CC1I.CC. The second kappa shape index (κ2) is 8.29. The van der Waals surface area contributed by atoms with Crippen LogP contribution in [0.25, 0.3) is 11.3 Å². The van der Waals surface area contributed by atoms with Crippen LogP contribution in [-0.2, 0) is 0 Å². The highest BCUT2D eigenvalue weighted by Gasteiger charge is 2.24. The van der Waals surface area contributed by atoms with Gasteiger partial charge in [-0.25, -0.2) is 4.39 Å². The van der Waals surface area contributed by atoms with Gasteiger partial charge in [-0.3, -0.25) is 0 Å². The minimum Gasteiger partial charge on any atom is -0.358 e. The first-order valence-corrected chi connectivity index (χ1v) is 9.04. The maximum Gasteiger partial charge on any atom is 0.132 e. The molecule has 120 valence electrons. The van der Waals surface area contributed by atoms with Gasteiger partial charge in [-0.2, -0.15) is 0 Å². The van der Waals surface area contributed by atoms with Gasteiger partial charge in [0, 0.05) is 11.3 Å². The number of hydrogen-bond donors (Lipinski definition) is 1. The van der Waals surface area contributed by atoms with Crippen LogP contribution >= 0.6 is 22.6 Å². The van der Waals surface area contributed by atoms with Crippen molar-refractivity contribution in [3.63, 3.8) is 0 Å². The Morgan fingerprint density at radius 2 is 1.65 bits per heavy atom. The molecule has 1 aliphatic heterocycles. The number of alkyl halides is 1. The van der Waals surface area contributed by atoms with Gasteiger partial charge in [-0.05, 0) is 29.7 Å². The Kier molecular flexibility index (Phi) is 6.39. The summed E-state index contributed by atoms with van der Waals surface area (Å²) in [5, 5.41) is 3.31. The highest BCUT2D eigenvalue weighted by molar-refractivity contribution is 14.1. The van der Waals surface area contributed by atoms with Gasteiger partial charge in [0.1, 0.15) is 5.82 Å². The molecule has 1 nitrogen and oxygen atoms in total. The predicted octanol–water partition coefficient (Wildman–Crippen LogP) is 6.03. The number of allylic oxidation sites excluding steroid dienone is 2. The normalized spacial score (nSPS) is 17.2. The fraction of sp³-hybridized carbons (Fsp3) is 0.200. The zero-order valence-corrected chi connectivity index (χ0v) is 15.6. The van der Waals surface area contributed by atoms with Crippen LogP contribution in [0.2, 0.25) is 0 Å². The van der Waals surface area contributed by atoms with E-state index in [0.717, 1.165) is 29.0 Å². The number of rotatable bonds is 2. The van der Waals surface area contributed by atoms with E-state index < -0.39 is 0 Å². The second-order valence-electron chi connectivity index (χ2n) is 5.02. The molecule has 0 bridgehead atoms. The van der Waals surface area contributed by atoms with Gasteiger partial charge >= 0.3 is 0 Å². The molecule has 1 aliphatic rings. The van der Waals surface area contributed by atoms with Crippen molar-refractivity contribution in [2.75, 3.05) is 0 Å². The summed E-state index contributed by atoms with van der Waals surface area (Å²) in [4.78, 5) is 0. The van der Waals surface area contributed by atoms with Crippen molar-refractivity contribution in [2.24, 2.45) is 0 Å².